The van der Waals surface area contributed by atoms with Crippen molar-refractivity contribution >= 4 is 26.8 Å². The fourth-order valence-corrected chi connectivity index (χ4v) is 4.25. The molecule has 1 fully saturated rings. The van der Waals surface area contributed by atoms with Gasteiger partial charge < -0.3 is 9.72 Å². The number of halogens is 1. The molecule has 2 heterocycles. The van der Waals surface area contributed by atoms with Gasteiger partial charge in [-0.05, 0) is 18.9 Å². The maximum absolute atomic E-state index is 12.2. The first-order valence-electron chi connectivity index (χ1n) is 6.71. The lowest BCUT2D eigenvalue weighted by Gasteiger charge is -2.29. The van der Waals surface area contributed by atoms with Crippen LogP contribution in [-0.4, -0.2) is 15.9 Å². The van der Waals surface area contributed by atoms with Gasteiger partial charge in [0.15, 0.2) is 5.75 Å². The molecular weight excluding hydrogens is 306 g/mol. The second-order valence-electron chi connectivity index (χ2n) is 5.38. The molecule has 19 heavy (non-hydrogen) atoms. The third kappa shape index (κ3) is 1.59. The van der Waals surface area contributed by atoms with Gasteiger partial charge in [-0.15, -0.1) is 0 Å². The van der Waals surface area contributed by atoms with E-state index in [0.717, 1.165) is 29.3 Å². The number of ether oxygens (including phenoxy) is 1. The van der Waals surface area contributed by atoms with E-state index >= 15 is 0 Å². The van der Waals surface area contributed by atoms with Gasteiger partial charge in [-0.2, -0.15) is 0 Å². The summed E-state index contributed by atoms with van der Waals surface area (Å²) in [7, 11) is 0. The molecule has 3 unspecified atom stereocenters. The minimum absolute atomic E-state index is 0.0946. The van der Waals surface area contributed by atoms with Gasteiger partial charge in [0, 0.05) is 22.4 Å². The van der Waals surface area contributed by atoms with Gasteiger partial charge >= 0.3 is 0 Å². The average molecular weight is 320 g/mol. The van der Waals surface area contributed by atoms with Crippen LogP contribution in [0, 0.1) is 0 Å². The van der Waals surface area contributed by atoms with Crippen LogP contribution < -0.4 is 10.3 Å². The topological polar surface area (TPSA) is 42.1 Å². The fourth-order valence-electron chi connectivity index (χ4n) is 3.45. The van der Waals surface area contributed by atoms with E-state index in [4.69, 9.17) is 4.74 Å². The van der Waals surface area contributed by atoms with Crippen LogP contribution in [0.4, 0.5) is 0 Å². The Kier molecular flexibility index (Phi) is 2.49. The van der Waals surface area contributed by atoms with Crippen molar-refractivity contribution in [3.63, 3.8) is 0 Å². The number of aromatic amines is 1. The molecule has 1 aromatic carbocycles. The molecule has 0 spiro atoms. The van der Waals surface area contributed by atoms with Gasteiger partial charge in [0.2, 0.25) is 0 Å². The van der Waals surface area contributed by atoms with Crippen LogP contribution in [0.2, 0.25) is 0 Å². The highest BCUT2D eigenvalue weighted by molar-refractivity contribution is 9.09. The molecule has 1 aliphatic carbocycles. The van der Waals surface area contributed by atoms with Crippen molar-refractivity contribution < 1.29 is 4.74 Å². The Hall–Kier alpha value is -1.29. The zero-order chi connectivity index (χ0) is 13.0. The van der Waals surface area contributed by atoms with Crippen LogP contribution in [0.15, 0.2) is 29.1 Å². The van der Waals surface area contributed by atoms with E-state index in [1.807, 2.05) is 18.2 Å². The lowest BCUT2D eigenvalue weighted by molar-refractivity contribution is 0.172. The Labute approximate surface area is 119 Å². The van der Waals surface area contributed by atoms with E-state index in [9.17, 15) is 4.79 Å². The second kappa shape index (κ2) is 4.10. The quantitative estimate of drug-likeness (QED) is 0.757. The number of hydrogen-bond donors (Lipinski definition) is 1. The van der Waals surface area contributed by atoms with Gasteiger partial charge in [-0.25, -0.2) is 0 Å². The number of hydrogen-bond acceptors (Lipinski definition) is 2. The normalized spacial score (nSPS) is 28.8. The Morgan fingerprint density at radius 3 is 3.00 bits per heavy atom. The minimum Gasteiger partial charge on any atom is -0.483 e. The van der Waals surface area contributed by atoms with E-state index in [1.165, 1.54) is 6.42 Å². The SMILES string of the molecule is O=c1[nH]c2ccccc2c2c1OC1C(Br)CCCC21. The Bertz CT molecular complexity index is 709. The lowest BCUT2D eigenvalue weighted by atomic mass is 9.82. The van der Waals surface area contributed by atoms with Crippen LogP contribution in [0.25, 0.3) is 10.9 Å². The lowest BCUT2D eigenvalue weighted by Crippen LogP contribution is -2.33. The highest BCUT2D eigenvalue weighted by Crippen LogP contribution is 2.48. The summed E-state index contributed by atoms with van der Waals surface area (Å²) in [6, 6.07) is 8.00. The molecule has 2 aliphatic rings. The fraction of sp³-hybridized carbons (Fsp3) is 0.400. The zero-order valence-electron chi connectivity index (χ0n) is 10.4. The number of pyridine rings is 1. The molecule has 0 radical (unpaired) electrons. The maximum Gasteiger partial charge on any atom is 0.291 e. The average Bonchev–Trinajstić information content (AvgIpc) is 2.81. The molecule has 98 valence electrons. The molecule has 1 aliphatic heterocycles. The van der Waals surface area contributed by atoms with Gasteiger partial charge in [0.1, 0.15) is 6.10 Å². The minimum atomic E-state index is -0.0946. The molecule has 0 bridgehead atoms. The zero-order valence-corrected chi connectivity index (χ0v) is 11.9. The van der Waals surface area contributed by atoms with Crippen molar-refractivity contribution in [2.24, 2.45) is 0 Å². The molecule has 4 heteroatoms. The number of H-pyrrole nitrogens is 1. The summed E-state index contributed by atoms with van der Waals surface area (Å²) in [4.78, 5) is 15.4. The van der Waals surface area contributed by atoms with Crippen LogP contribution in [0.1, 0.15) is 30.7 Å². The molecule has 1 N–H and O–H groups in total. The highest BCUT2D eigenvalue weighted by atomic mass is 79.9. The van der Waals surface area contributed by atoms with Crippen molar-refractivity contribution in [2.45, 2.75) is 36.1 Å². The van der Waals surface area contributed by atoms with Crippen molar-refractivity contribution in [3.8, 4) is 5.75 Å². The number of aromatic nitrogens is 1. The van der Waals surface area contributed by atoms with Crippen LogP contribution >= 0.6 is 15.9 Å². The monoisotopic (exact) mass is 319 g/mol. The molecule has 3 atom stereocenters. The number of fused-ring (bicyclic) bond motifs is 5. The van der Waals surface area contributed by atoms with E-state index in [2.05, 4.69) is 27.0 Å². The summed E-state index contributed by atoms with van der Waals surface area (Å²) in [5.41, 5.74) is 1.93. The summed E-state index contributed by atoms with van der Waals surface area (Å²) in [5.74, 6) is 0.889. The first-order chi connectivity index (χ1) is 9.25. The highest BCUT2D eigenvalue weighted by Gasteiger charge is 2.43. The Morgan fingerprint density at radius 1 is 1.26 bits per heavy atom. The van der Waals surface area contributed by atoms with Crippen molar-refractivity contribution in [1.29, 1.82) is 0 Å². The van der Waals surface area contributed by atoms with Crippen molar-refractivity contribution in [1.82, 2.24) is 4.98 Å². The third-order valence-electron chi connectivity index (χ3n) is 4.29. The predicted octanol–water partition coefficient (Wildman–Crippen LogP) is 3.32. The van der Waals surface area contributed by atoms with E-state index in [0.29, 0.717) is 16.5 Å². The molecule has 0 saturated heterocycles. The standard InChI is InChI=1S/C15H14BrNO2/c16-10-6-3-5-9-12-8-4-1-2-7-11(8)17-15(18)14(12)19-13(9)10/h1-2,4,7,9-10,13H,3,5-6H2,(H,17,18). The molecular formula is C15H14BrNO2. The molecule has 4 rings (SSSR count). The number of alkyl halides is 1. The van der Waals surface area contributed by atoms with Crippen molar-refractivity contribution in [3.05, 3.63) is 40.2 Å². The van der Waals surface area contributed by atoms with Gasteiger partial charge in [0.05, 0.1) is 4.83 Å². The van der Waals surface area contributed by atoms with Gasteiger partial charge in [-0.3, -0.25) is 4.79 Å². The summed E-state index contributed by atoms with van der Waals surface area (Å²) >= 11 is 3.71. The first-order valence-corrected chi connectivity index (χ1v) is 7.63. The van der Waals surface area contributed by atoms with Crippen LogP contribution in [-0.2, 0) is 0 Å². The van der Waals surface area contributed by atoms with Crippen molar-refractivity contribution in [2.75, 3.05) is 0 Å². The number of para-hydroxylation sites is 1. The molecule has 1 aromatic heterocycles. The third-order valence-corrected chi connectivity index (χ3v) is 5.27. The van der Waals surface area contributed by atoms with Gasteiger partial charge in [0.25, 0.3) is 5.56 Å². The Balaban J connectivity index is 2.01. The van der Waals surface area contributed by atoms with E-state index in [1.54, 1.807) is 0 Å². The summed E-state index contributed by atoms with van der Waals surface area (Å²) in [6.45, 7) is 0. The molecule has 3 nitrogen and oxygen atoms in total. The predicted molar refractivity (Wildman–Crippen MR) is 78.3 cm³/mol. The largest absolute Gasteiger partial charge is 0.483 e. The van der Waals surface area contributed by atoms with Gasteiger partial charge in [-0.1, -0.05) is 40.5 Å². The number of nitrogens with one attached hydrogen (secondary N) is 1. The molecule has 1 saturated carbocycles. The van der Waals surface area contributed by atoms with Crippen LogP contribution in [0.5, 0.6) is 5.75 Å². The summed E-state index contributed by atoms with van der Waals surface area (Å²) in [5, 5.41) is 1.13. The number of benzene rings is 1. The molecule has 0 amide bonds. The smallest absolute Gasteiger partial charge is 0.291 e. The second-order valence-corrected chi connectivity index (χ2v) is 6.55. The van der Waals surface area contributed by atoms with E-state index < -0.39 is 0 Å². The number of rotatable bonds is 0. The van der Waals surface area contributed by atoms with Crippen LogP contribution in [0.3, 0.4) is 0 Å². The Morgan fingerprint density at radius 2 is 2.11 bits per heavy atom. The first kappa shape index (κ1) is 11.5. The summed E-state index contributed by atoms with van der Waals surface area (Å²) < 4.78 is 5.97. The summed E-state index contributed by atoms with van der Waals surface area (Å²) in [6.07, 6.45) is 3.51. The maximum atomic E-state index is 12.2. The molecule has 2 aromatic rings. The van der Waals surface area contributed by atoms with E-state index in [-0.39, 0.29) is 11.7 Å².